The van der Waals surface area contributed by atoms with E-state index in [0.717, 1.165) is 12.2 Å². The lowest BCUT2D eigenvalue weighted by Crippen LogP contribution is -2.21. The third-order valence-electron chi connectivity index (χ3n) is 2.48. The lowest BCUT2D eigenvalue weighted by atomic mass is 10.4. The number of ether oxygens (including phenoxy) is 2. The number of hydrogen-bond acceptors (Lipinski definition) is 7. The summed E-state index contributed by atoms with van der Waals surface area (Å²) in [4.78, 5) is 22.1. The van der Waals surface area contributed by atoms with Crippen molar-refractivity contribution in [3.05, 3.63) is 25.3 Å². The van der Waals surface area contributed by atoms with Gasteiger partial charge in [0.15, 0.2) is 0 Å². The van der Waals surface area contributed by atoms with Gasteiger partial charge in [0.25, 0.3) is 0 Å². The van der Waals surface area contributed by atoms with E-state index in [9.17, 15) is 14.2 Å². The van der Waals surface area contributed by atoms with Gasteiger partial charge < -0.3 is 18.5 Å². The Morgan fingerprint density at radius 3 is 1.70 bits per heavy atom. The fourth-order valence-electron chi connectivity index (χ4n) is 1.44. The molecule has 0 fully saturated rings. The Kier molecular flexibility index (Phi) is 10.5. The Labute approximate surface area is 137 Å². The van der Waals surface area contributed by atoms with E-state index in [1.165, 1.54) is 0 Å². The van der Waals surface area contributed by atoms with Crippen molar-refractivity contribution in [2.45, 2.75) is 39.4 Å². The minimum absolute atomic E-state index is 0.0717. The van der Waals surface area contributed by atoms with Crippen LogP contribution in [-0.2, 0) is 32.7 Å². The summed E-state index contributed by atoms with van der Waals surface area (Å²) in [6.07, 6.45) is 1.68. The van der Waals surface area contributed by atoms with E-state index in [2.05, 4.69) is 13.2 Å². The van der Waals surface area contributed by atoms with Gasteiger partial charge in [-0.05, 0) is 20.3 Å². The molecule has 0 bridgehead atoms. The van der Waals surface area contributed by atoms with Crippen molar-refractivity contribution >= 4 is 19.5 Å². The van der Waals surface area contributed by atoms with Gasteiger partial charge in [-0.25, -0.2) is 9.59 Å². The van der Waals surface area contributed by atoms with Gasteiger partial charge in [0.1, 0.15) is 12.2 Å². The number of carbonyl (C=O) groups excluding carboxylic acids is 2. The first-order valence-corrected chi connectivity index (χ1v) is 9.03. The molecule has 0 aliphatic rings. The largest absolute Gasteiger partial charge is 0.457 e. The smallest absolute Gasteiger partial charge is 0.330 e. The molecule has 0 amide bonds. The van der Waals surface area contributed by atoms with Crippen molar-refractivity contribution in [1.82, 2.24) is 0 Å². The first kappa shape index (κ1) is 21.6. The van der Waals surface area contributed by atoms with Crippen LogP contribution in [0.5, 0.6) is 0 Å². The molecule has 0 aromatic heterocycles. The fourth-order valence-corrected chi connectivity index (χ4v) is 3.19. The van der Waals surface area contributed by atoms with E-state index >= 15 is 0 Å². The van der Waals surface area contributed by atoms with Crippen LogP contribution in [0.3, 0.4) is 0 Å². The molecule has 8 heteroatoms. The molecule has 0 aliphatic carbocycles. The van der Waals surface area contributed by atoms with Crippen molar-refractivity contribution in [1.29, 1.82) is 0 Å². The molecule has 0 radical (unpaired) electrons. The molecule has 0 rings (SSSR count). The van der Waals surface area contributed by atoms with Gasteiger partial charge in [0.2, 0.25) is 0 Å². The molecule has 23 heavy (non-hydrogen) atoms. The maximum atomic E-state index is 12.6. The van der Waals surface area contributed by atoms with E-state index in [4.69, 9.17) is 18.5 Å². The van der Waals surface area contributed by atoms with Crippen LogP contribution in [0.4, 0.5) is 0 Å². The predicted molar refractivity (Wildman–Crippen MR) is 86.2 cm³/mol. The first-order chi connectivity index (χ1) is 10.8. The molecular formula is C15H25O7P. The van der Waals surface area contributed by atoms with Crippen LogP contribution < -0.4 is 0 Å². The lowest BCUT2D eigenvalue weighted by Gasteiger charge is -2.22. The topological polar surface area (TPSA) is 88.1 Å². The summed E-state index contributed by atoms with van der Waals surface area (Å²) < 4.78 is 33.1. The van der Waals surface area contributed by atoms with E-state index in [1.807, 2.05) is 6.92 Å². The molecule has 2 atom stereocenters. The van der Waals surface area contributed by atoms with E-state index in [-0.39, 0.29) is 19.4 Å². The zero-order valence-electron chi connectivity index (χ0n) is 13.9. The second-order valence-corrected chi connectivity index (χ2v) is 7.01. The Morgan fingerprint density at radius 2 is 1.39 bits per heavy atom. The molecule has 132 valence electrons. The normalized spacial score (nSPS) is 15.8. The molecule has 7 nitrogen and oxygen atoms in total. The zero-order chi connectivity index (χ0) is 17.9. The summed E-state index contributed by atoms with van der Waals surface area (Å²) in [5.74, 6) is -1.17. The molecule has 2 unspecified atom stereocenters. The molecule has 0 N–H and O–H groups in total. The highest BCUT2D eigenvalue weighted by Gasteiger charge is 2.26. The Balaban J connectivity index is 4.46. The van der Waals surface area contributed by atoms with Gasteiger partial charge in [-0.15, -0.1) is 0 Å². The summed E-state index contributed by atoms with van der Waals surface area (Å²) in [5.41, 5.74) is 0. The molecule has 0 saturated heterocycles. The number of hydrogen-bond donors (Lipinski definition) is 0. The number of carbonyl (C=O) groups is 2. The van der Waals surface area contributed by atoms with Gasteiger partial charge >= 0.3 is 19.5 Å². The minimum Gasteiger partial charge on any atom is -0.457 e. The third kappa shape index (κ3) is 10.0. The summed E-state index contributed by atoms with van der Waals surface area (Å²) in [6.45, 7) is 11.5. The predicted octanol–water partition coefficient (Wildman–Crippen LogP) is 2.86. The monoisotopic (exact) mass is 348 g/mol. The van der Waals surface area contributed by atoms with E-state index < -0.39 is 31.7 Å². The van der Waals surface area contributed by atoms with Crippen molar-refractivity contribution < 1.29 is 32.7 Å². The lowest BCUT2D eigenvalue weighted by molar-refractivity contribution is -0.143. The highest BCUT2D eigenvalue weighted by Crippen LogP contribution is 2.49. The van der Waals surface area contributed by atoms with Crippen molar-refractivity contribution in [3.63, 3.8) is 0 Å². The Bertz CT molecular complexity index is 425. The SMILES string of the molecule is C=CC(=O)OC(C)COP(=O)(CCC)OCC(C)OC(=O)C=C. The van der Waals surface area contributed by atoms with Gasteiger partial charge in [-0.1, -0.05) is 20.1 Å². The van der Waals surface area contributed by atoms with Gasteiger partial charge in [-0.2, -0.15) is 0 Å². The van der Waals surface area contributed by atoms with Gasteiger partial charge in [0, 0.05) is 18.3 Å². The number of esters is 2. The second kappa shape index (κ2) is 11.2. The molecule has 0 aromatic carbocycles. The fraction of sp³-hybridized carbons (Fsp3) is 0.600. The minimum atomic E-state index is -3.37. The van der Waals surface area contributed by atoms with Crippen molar-refractivity contribution in [2.75, 3.05) is 19.4 Å². The van der Waals surface area contributed by atoms with Crippen LogP contribution in [0.25, 0.3) is 0 Å². The Hall–Kier alpha value is -1.43. The average molecular weight is 348 g/mol. The van der Waals surface area contributed by atoms with Gasteiger partial charge in [-0.3, -0.25) is 4.57 Å². The summed E-state index contributed by atoms with van der Waals surface area (Å²) >= 11 is 0. The average Bonchev–Trinajstić information content (AvgIpc) is 2.51. The van der Waals surface area contributed by atoms with Crippen LogP contribution in [0.1, 0.15) is 27.2 Å². The summed E-state index contributed by atoms with van der Waals surface area (Å²) in [6, 6.07) is 0. The first-order valence-electron chi connectivity index (χ1n) is 7.30. The number of rotatable bonds is 12. The quantitative estimate of drug-likeness (QED) is 0.304. The van der Waals surface area contributed by atoms with Crippen molar-refractivity contribution in [3.8, 4) is 0 Å². The van der Waals surface area contributed by atoms with Gasteiger partial charge in [0.05, 0.1) is 13.2 Å². The highest BCUT2D eigenvalue weighted by atomic mass is 31.2. The Morgan fingerprint density at radius 1 is 1.00 bits per heavy atom. The molecule has 0 saturated carbocycles. The standard InChI is InChI=1S/C15H25O7P/c1-6-9-23(18,19-10-12(4)21-14(16)7-2)20-11-13(5)22-15(17)8-3/h7-8,12-13H,2-3,6,9-11H2,1,4-5H3. The van der Waals surface area contributed by atoms with Crippen LogP contribution in [0, 0.1) is 0 Å². The van der Waals surface area contributed by atoms with Crippen molar-refractivity contribution in [2.24, 2.45) is 0 Å². The second-order valence-electron chi connectivity index (χ2n) is 4.83. The van der Waals surface area contributed by atoms with Crippen LogP contribution in [0.2, 0.25) is 0 Å². The summed E-state index contributed by atoms with van der Waals surface area (Å²) in [5, 5.41) is 0. The highest BCUT2D eigenvalue weighted by molar-refractivity contribution is 7.53. The third-order valence-corrected chi connectivity index (χ3v) is 4.56. The van der Waals surface area contributed by atoms with Crippen LogP contribution in [-0.4, -0.2) is 43.5 Å². The molecule has 0 aromatic rings. The maximum absolute atomic E-state index is 12.6. The molecule has 0 aliphatic heterocycles. The van der Waals surface area contributed by atoms with E-state index in [0.29, 0.717) is 6.42 Å². The zero-order valence-corrected chi connectivity index (χ0v) is 14.8. The van der Waals surface area contributed by atoms with Crippen LogP contribution >= 0.6 is 7.60 Å². The molecule has 0 spiro atoms. The summed E-state index contributed by atoms with van der Waals surface area (Å²) in [7, 11) is -3.37. The van der Waals surface area contributed by atoms with E-state index in [1.54, 1.807) is 13.8 Å². The van der Waals surface area contributed by atoms with Crippen LogP contribution in [0.15, 0.2) is 25.3 Å². The molecular weight excluding hydrogens is 323 g/mol. The molecule has 0 heterocycles. The maximum Gasteiger partial charge on any atom is 0.330 e.